The van der Waals surface area contributed by atoms with E-state index < -0.39 is 30.3 Å². The summed E-state index contributed by atoms with van der Waals surface area (Å²) in [6.07, 6.45) is 0.697. The number of imide groups is 1. The second-order valence-corrected chi connectivity index (χ2v) is 11.4. The van der Waals surface area contributed by atoms with Gasteiger partial charge in [-0.2, -0.15) is 0 Å². The first-order chi connectivity index (χ1) is 17.1. The minimum atomic E-state index is -0.691. The Morgan fingerprint density at radius 1 is 1.00 bits per heavy atom. The number of aryl methyl sites for hydroxylation is 2. The fourth-order valence-electron chi connectivity index (χ4n) is 5.78. The van der Waals surface area contributed by atoms with Crippen molar-refractivity contribution in [1.29, 1.82) is 0 Å². The van der Waals surface area contributed by atoms with Crippen molar-refractivity contribution < 1.29 is 23.9 Å². The first-order valence-electron chi connectivity index (χ1n) is 11.6. The van der Waals surface area contributed by atoms with Gasteiger partial charge < -0.3 is 10.1 Å². The molecule has 1 aliphatic heterocycles. The number of fused-ring (bicyclic) bond motifs is 5. The molecule has 1 N–H and O–H groups in total. The fraction of sp³-hybridized carbons (Fsp3) is 0.385. The Hall–Kier alpha value is -2.42. The lowest BCUT2D eigenvalue weighted by Gasteiger charge is -2.28. The molecule has 0 aromatic heterocycles. The zero-order valence-corrected chi connectivity index (χ0v) is 22.6. The number of carbonyl (C=O) groups excluding carboxylic acids is 4. The van der Waals surface area contributed by atoms with Crippen molar-refractivity contribution in [1.82, 2.24) is 0 Å². The van der Waals surface area contributed by atoms with Crippen molar-refractivity contribution in [3.63, 3.8) is 0 Å². The molecule has 188 valence electrons. The number of esters is 1. The fourth-order valence-corrected chi connectivity index (χ4v) is 6.90. The summed E-state index contributed by atoms with van der Waals surface area (Å²) in [4.78, 5) is 52.1. The molecule has 1 saturated heterocycles. The van der Waals surface area contributed by atoms with Crippen molar-refractivity contribution in [2.45, 2.75) is 31.0 Å². The van der Waals surface area contributed by atoms with Gasteiger partial charge in [-0.05, 0) is 79.6 Å². The second kappa shape index (κ2) is 9.47. The maximum absolute atomic E-state index is 13.1. The lowest BCUT2D eigenvalue weighted by molar-refractivity contribution is -0.123. The van der Waals surface area contributed by atoms with Crippen LogP contribution in [0.2, 0.25) is 0 Å². The van der Waals surface area contributed by atoms with Crippen LogP contribution in [0.5, 0.6) is 0 Å². The third-order valence-electron chi connectivity index (χ3n) is 7.40. The molecule has 3 aliphatic rings. The predicted molar refractivity (Wildman–Crippen MR) is 139 cm³/mol. The smallest absolute Gasteiger partial charge is 0.338 e. The van der Waals surface area contributed by atoms with Gasteiger partial charge in [0.1, 0.15) is 0 Å². The number of nitrogens with one attached hydrogen (secondary N) is 1. The van der Waals surface area contributed by atoms with Crippen molar-refractivity contribution in [2.75, 3.05) is 16.8 Å². The SMILES string of the molecule is Cc1cc(NC(=O)COC(=O)c2ccc(N3C(=O)[C@@H]4[C@H]5C[C@@H]([C@H](Cl)[C@H]5Cl)[C@@H]4C3=O)cc2)cc(C)c1Br. The number of rotatable bonds is 5. The van der Waals surface area contributed by atoms with E-state index in [4.69, 9.17) is 27.9 Å². The summed E-state index contributed by atoms with van der Waals surface area (Å²) in [6, 6.07) is 9.62. The summed E-state index contributed by atoms with van der Waals surface area (Å²) >= 11 is 16.3. The van der Waals surface area contributed by atoms with Crippen LogP contribution in [-0.2, 0) is 19.1 Å². The van der Waals surface area contributed by atoms with E-state index in [0.29, 0.717) is 17.8 Å². The topological polar surface area (TPSA) is 92.8 Å². The van der Waals surface area contributed by atoms with Crippen LogP contribution in [0.25, 0.3) is 0 Å². The minimum absolute atomic E-state index is 0.101. The van der Waals surface area contributed by atoms with Gasteiger partial charge in [-0.3, -0.25) is 19.3 Å². The second-order valence-electron chi connectivity index (χ2n) is 9.61. The van der Waals surface area contributed by atoms with Crippen LogP contribution in [0, 0.1) is 37.5 Å². The Bertz CT molecular complexity index is 1230. The van der Waals surface area contributed by atoms with Crippen LogP contribution in [0.4, 0.5) is 11.4 Å². The van der Waals surface area contributed by atoms with E-state index in [1.165, 1.54) is 29.2 Å². The third-order valence-corrected chi connectivity index (χ3v) is 9.97. The van der Waals surface area contributed by atoms with Crippen molar-refractivity contribution in [3.05, 3.63) is 57.6 Å². The van der Waals surface area contributed by atoms with Gasteiger partial charge in [0.15, 0.2) is 6.61 Å². The summed E-state index contributed by atoms with van der Waals surface area (Å²) < 4.78 is 6.10. The van der Waals surface area contributed by atoms with E-state index in [0.717, 1.165) is 15.6 Å². The van der Waals surface area contributed by atoms with E-state index in [2.05, 4.69) is 21.2 Å². The average Bonchev–Trinajstić information content (AvgIpc) is 3.46. The first-order valence-corrected chi connectivity index (χ1v) is 13.2. The van der Waals surface area contributed by atoms with Gasteiger partial charge in [0.25, 0.3) is 5.91 Å². The quantitative estimate of drug-likeness (QED) is 0.304. The van der Waals surface area contributed by atoms with Gasteiger partial charge in [-0.1, -0.05) is 15.9 Å². The molecule has 10 heteroatoms. The molecule has 3 amide bonds. The van der Waals surface area contributed by atoms with E-state index in [1.54, 1.807) is 0 Å². The number of anilines is 2. The Labute approximate surface area is 226 Å². The molecule has 36 heavy (non-hydrogen) atoms. The van der Waals surface area contributed by atoms with E-state index in [9.17, 15) is 19.2 Å². The summed E-state index contributed by atoms with van der Waals surface area (Å²) in [5, 5.41) is 2.08. The molecule has 0 spiro atoms. The molecular weight excluding hydrogens is 571 g/mol. The number of amides is 3. The van der Waals surface area contributed by atoms with Gasteiger partial charge >= 0.3 is 5.97 Å². The standard InChI is InChI=1S/C26H23BrCl2N2O5/c1-11-7-14(8-12(2)21(11)27)30-18(32)10-36-26(35)13-3-5-15(6-4-13)31-24(33)19-16-9-17(20(19)25(31)34)23(29)22(16)28/h3-8,16-17,19-20,22-23H,9-10H2,1-2H3,(H,30,32)/t16-,17-,19-,20+,22+,23+/m1/s1. The number of halogens is 3. The van der Waals surface area contributed by atoms with Crippen molar-refractivity contribution in [3.8, 4) is 0 Å². The van der Waals surface area contributed by atoms with E-state index >= 15 is 0 Å². The van der Waals surface area contributed by atoms with Gasteiger partial charge in [-0.15, -0.1) is 23.2 Å². The number of ether oxygens (including phenoxy) is 1. The first kappa shape index (κ1) is 25.2. The molecule has 3 fully saturated rings. The lowest BCUT2D eigenvalue weighted by atomic mass is 9.80. The number of benzene rings is 2. The van der Waals surface area contributed by atoms with Crippen LogP contribution in [0.3, 0.4) is 0 Å². The van der Waals surface area contributed by atoms with Crippen molar-refractivity contribution >= 4 is 74.2 Å². The average molecular weight is 594 g/mol. The van der Waals surface area contributed by atoms with Gasteiger partial charge in [-0.25, -0.2) is 4.79 Å². The molecule has 6 atom stereocenters. The predicted octanol–water partition coefficient (Wildman–Crippen LogP) is 4.83. The summed E-state index contributed by atoms with van der Waals surface area (Å²) in [5.41, 5.74) is 3.13. The van der Waals surface area contributed by atoms with Crippen LogP contribution < -0.4 is 10.2 Å². The highest BCUT2D eigenvalue weighted by Crippen LogP contribution is 2.59. The summed E-state index contributed by atoms with van der Waals surface area (Å²) in [5.74, 6) is -2.78. The lowest BCUT2D eigenvalue weighted by Crippen LogP contribution is -2.37. The highest BCUT2D eigenvalue weighted by molar-refractivity contribution is 9.10. The number of carbonyl (C=O) groups is 4. The molecule has 2 aromatic carbocycles. The molecule has 7 nitrogen and oxygen atoms in total. The molecule has 0 unspecified atom stereocenters. The highest BCUT2D eigenvalue weighted by atomic mass is 79.9. The molecule has 2 saturated carbocycles. The Morgan fingerprint density at radius 2 is 1.53 bits per heavy atom. The maximum atomic E-state index is 13.1. The molecule has 2 aromatic rings. The Balaban J connectivity index is 1.21. The number of nitrogens with zero attached hydrogens (tertiary/aromatic N) is 1. The molecular formula is C26H23BrCl2N2O5. The van der Waals surface area contributed by atoms with Crippen LogP contribution in [0.15, 0.2) is 40.9 Å². The summed E-state index contributed by atoms with van der Waals surface area (Å²) in [6.45, 7) is 3.38. The van der Waals surface area contributed by atoms with Crippen LogP contribution in [0.1, 0.15) is 27.9 Å². The zero-order chi connectivity index (χ0) is 25.9. The Morgan fingerprint density at radius 3 is 2.06 bits per heavy atom. The molecule has 1 heterocycles. The molecule has 2 bridgehead atoms. The largest absolute Gasteiger partial charge is 0.452 e. The molecule has 0 radical (unpaired) electrons. The summed E-state index contributed by atoms with van der Waals surface area (Å²) in [7, 11) is 0. The molecule has 2 aliphatic carbocycles. The number of hydrogen-bond acceptors (Lipinski definition) is 5. The van der Waals surface area contributed by atoms with Gasteiger partial charge in [0.2, 0.25) is 11.8 Å². The maximum Gasteiger partial charge on any atom is 0.338 e. The monoisotopic (exact) mass is 592 g/mol. The highest BCUT2D eigenvalue weighted by Gasteiger charge is 2.66. The van der Waals surface area contributed by atoms with E-state index in [-0.39, 0.29) is 40.0 Å². The normalized spacial score (nSPS) is 28.4. The molecule has 5 rings (SSSR count). The van der Waals surface area contributed by atoms with Crippen LogP contribution in [-0.4, -0.2) is 41.1 Å². The minimum Gasteiger partial charge on any atom is -0.452 e. The Kier molecular flexibility index (Phi) is 6.64. The van der Waals surface area contributed by atoms with E-state index in [1.807, 2.05) is 26.0 Å². The van der Waals surface area contributed by atoms with Gasteiger partial charge in [0, 0.05) is 10.2 Å². The van der Waals surface area contributed by atoms with Crippen molar-refractivity contribution in [2.24, 2.45) is 23.7 Å². The number of alkyl halides is 2. The number of hydrogen-bond donors (Lipinski definition) is 1. The third kappa shape index (κ3) is 4.13. The zero-order valence-electron chi connectivity index (χ0n) is 19.5. The van der Waals surface area contributed by atoms with Gasteiger partial charge in [0.05, 0.1) is 33.8 Å². The van der Waals surface area contributed by atoms with Crippen LogP contribution >= 0.6 is 39.1 Å².